The van der Waals surface area contributed by atoms with Gasteiger partial charge in [0.05, 0.1) is 5.56 Å². The first-order valence-corrected chi connectivity index (χ1v) is 7.74. The summed E-state index contributed by atoms with van der Waals surface area (Å²) in [6.45, 7) is 3.50. The van der Waals surface area contributed by atoms with E-state index in [0.29, 0.717) is 22.9 Å². The number of amides is 1. The number of halogens is 2. The van der Waals surface area contributed by atoms with Gasteiger partial charge in [0.2, 0.25) is 0 Å². The van der Waals surface area contributed by atoms with E-state index in [2.05, 4.69) is 43.8 Å². The van der Waals surface area contributed by atoms with Gasteiger partial charge in [-0.25, -0.2) is 4.79 Å². The lowest BCUT2D eigenvalue weighted by atomic mass is 9.92. The van der Waals surface area contributed by atoms with Gasteiger partial charge in [-0.05, 0) is 69.6 Å². The predicted octanol–water partition coefficient (Wildman–Crippen LogP) is 3.43. The molecule has 1 aromatic carbocycles. The second-order valence-electron chi connectivity index (χ2n) is 4.17. The summed E-state index contributed by atoms with van der Waals surface area (Å²) >= 11 is 5.42. The molecule has 0 aliphatic carbocycles. The summed E-state index contributed by atoms with van der Waals surface area (Å²) in [5.74, 6) is -1.39. The number of hydrogen-bond donors (Lipinski definition) is 2. The van der Waals surface area contributed by atoms with Crippen LogP contribution in [-0.4, -0.2) is 22.5 Å². The number of carbonyl (C=O) groups excluding carboxylic acids is 1. The topological polar surface area (TPSA) is 66.4 Å². The maximum absolute atomic E-state index is 12.2. The van der Waals surface area contributed by atoms with Crippen molar-refractivity contribution < 1.29 is 14.7 Å². The van der Waals surface area contributed by atoms with E-state index in [1.807, 2.05) is 6.07 Å². The Balaban J connectivity index is 3.07. The molecule has 0 saturated heterocycles. The maximum atomic E-state index is 12.2. The Morgan fingerprint density at radius 1 is 1.37 bits per heavy atom. The number of carbonyl (C=O) groups is 2. The number of carboxylic acids is 1. The largest absolute Gasteiger partial charge is 0.480 e. The SMILES string of the molecule is CCC(CC)(NC(=O)c1cc(I)ccc1Br)C(=O)O. The van der Waals surface area contributed by atoms with Crippen molar-refractivity contribution in [2.24, 2.45) is 0 Å². The second-order valence-corrected chi connectivity index (χ2v) is 6.27. The average molecular weight is 440 g/mol. The van der Waals surface area contributed by atoms with E-state index in [9.17, 15) is 14.7 Å². The van der Waals surface area contributed by atoms with E-state index in [4.69, 9.17) is 0 Å². The number of nitrogens with one attached hydrogen (secondary N) is 1. The molecule has 19 heavy (non-hydrogen) atoms. The fraction of sp³-hybridized carbons (Fsp3) is 0.385. The molecule has 0 radical (unpaired) electrons. The van der Waals surface area contributed by atoms with E-state index in [-0.39, 0.29) is 5.91 Å². The number of benzene rings is 1. The highest BCUT2D eigenvalue weighted by Crippen LogP contribution is 2.22. The molecule has 0 fully saturated rings. The smallest absolute Gasteiger partial charge is 0.329 e. The molecule has 4 nitrogen and oxygen atoms in total. The van der Waals surface area contributed by atoms with Crippen LogP contribution in [-0.2, 0) is 4.79 Å². The minimum absolute atomic E-state index is 0.339. The van der Waals surface area contributed by atoms with Crippen molar-refractivity contribution in [3.8, 4) is 0 Å². The zero-order valence-corrected chi connectivity index (χ0v) is 14.4. The number of aliphatic carboxylic acids is 1. The molecule has 0 unspecified atom stereocenters. The lowest BCUT2D eigenvalue weighted by Gasteiger charge is -2.28. The molecule has 0 bridgehead atoms. The molecular weight excluding hydrogens is 425 g/mol. The second kappa shape index (κ2) is 6.69. The van der Waals surface area contributed by atoms with Crippen LogP contribution in [0.2, 0.25) is 0 Å². The van der Waals surface area contributed by atoms with Gasteiger partial charge in [-0.15, -0.1) is 0 Å². The molecule has 0 aliphatic rings. The molecule has 0 aliphatic heterocycles. The van der Waals surface area contributed by atoms with E-state index >= 15 is 0 Å². The van der Waals surface area contributed by atoms with Crippen LogP contribution < -0.4 is 5.32 Å². The Kier molecular flexibility index (Phi) is 5.79. The monoisotopic (exact) mass is 439 g/mol. The van der Waals surface area contributed by atoms with Crippen molar-refractivity contribution in [2.45, 2.75) is 32.2 Å². The molecule has 2 N–H and O–H groups in total. The van der Waals surface area contributed by atoms with Crippen molar-refractivity contribution in [2.75, 3.05) is 0 Å². The molecule has 1 rings (SSSR count). The molecular formula is C13H15BrINO3. The highest BCUT2D eigenvalue weighted by Gasteiger charge is 2.36. The van der Waals surface area contributed by atoms with Crippen molar-refractivity contribution in [1.29, 1.82) is 0 Å². The molecule has 104 valence electrons. The molecule has 0 spiro atoms. The zero-order chi connectivity index (χ0) is 14.6. The molecule has 0 saturated carbocycles. The minimum Gasteiger partial charge on any atom is -0.480 e. The van der Waals surface area contributed by atoms with Gasteiger partial charge in [0, 0.05) is 8.04 Å². The van der Waals surface area contributed by atoms with Crippen LogP contribution in [0.3, 0.4) is 0 Å². The summed E-state index contributed by atoms with van der Waals surface area (Å²) in [5.41, 5.74) is -0.767. The van der Waals surface area contributed by atoms with Crippen LogP contribution in [0.25, 0.3) is 0 Å². The molecule has 0 atom stereocenters. The summed E-state index contributed by atoms with van der Waals surface area (Å²) in [5, 5.41) is 12.0. The van der Waals surface area contributed by atoms with Crippen molar-refractivity contribution in [3.05, 3.63) is 31.8 Å². The first kappa shape index (κ1) is 16.4. The first-order chi connectivity index (χ1) is 8.86. The third-order valence-electron chi connectivity index (χ3n) is 3.14. The van der Waals surface area contributed by atoms with Gasteiger partial charge in [-0.2, -0.15) is 0 Å². The normalized spacial score (nSPS) is 11.2. The Morgan fingerprint density at radius 2 is 1.95 bits per heavy atom. The lowest BCUT2D eigenvalue weighted by Crippen LogP contribution is -2.53. The number of hydrogen-bond acceptors (Lipinski definition) is 2. The highest BCUT2D eigenvalue weighted by atomic mass is 127. The standard InChI is InChI=1S/C13H15BrINO3/c1-3-13(4-2,12(18)19)16-11(17)9-7-8(15)5-6-10(9)14/h5-7H,3-4H2,1-2H3,(H,16,17)(H,18,19). The summed E-state index contributed by atoms with van der Waals surface area (Å²) < 4.78 is 1.57. The fourth-order valence-corrected chi connectivity index (χ4v) is 2.66. The van der Waals surface area contributed by atoms with Crippen LogP contribution in [0, 0.1) is 3.57 Å². The van der Waals surface area contributed by atoms with Gasteiger partial charge in [-0.1, -0.05) is 13.8 Å². The third kappa shape index (κ3) is 3.68. The molecule has 0 heterocycles. The van der Waals surface area contributed by atoms with E-state index < -0.39 is 11.5 Å². The van der Waals surface area contributed by atoms with Crippen molar-refractivity contribution in [1.82, 2.24) is 5.32 Å². The maximum Gasteiger partial charge on any atom is 0.329 e. The quantitative estimate of drug-likeness (QED) is 0.690. The van der Waals surface area contributed by atoms with Gasteiger partial charge < -0.3 is 10.4 Å². The van der Waals surface area contributed by atoms with Gasteiger partial charge in [0.25, 0.3) is 5.91 Å². The first-order valence-electron chi connectivity index (χ1n) is 5.87. The highest BCUT2D eigenvalue weighted by molar-refractivity contribution is 14.1. The molecule has 1 amide bonds. The summed E-state index contributed by atoms with van der Waals surface area (Å²) in [7, 11) is 0. The van der Waals surface area contributed by atoms with E-state index in [1.165, 1.54) is 0 Å². The van der Waals surface area contributed by atoms with Crippen molar-refractivity contribution >= 4 is 50.4 Å². The molecule has 1 aromatic rings. The summed E-state index contributed by atoms with van der Waals surface area (Å²) in [4.78, 5) is 23.6. The Bertz CT molecular complexity index is 501. The Morgan fingerprint density at radius 3 is 2.42 bits per heavy atom. The summed E-state index contributed by atoms with van der Waals surface area (Å²) in [6, 6.07) is 5.36. The molecule has 0 aromatic heterocycles. The number of rotatable bonds is 5. The van der Waals surface area contributed by atoms with Gasteiger partial charge in [0.15, 0.2) is 0 Å². The van der Waals surface area contributed by atoms with Gasteiger partial charge in [-0.3, -0.25) is 4.79 Å². The fourth-order valence-electron chi connectivity index (χ4n) is 1.74. The van der Waals surface area contributed by atoms with Crippen LogP contribution in [0.4, 0.5) is 0 Å². The van der Waals surface area contributed by atoms with Crippen LogP contribution in [0.1, 0.15) is 37.0 Å². The predicted molar refractivity (Wildman–Crippen MR) is 85.3 cm³/mol. The van der Waals surface area contributed by atoms with Crippen molar-refractivity contribution in [3.63, 3.8) is 0 Å². The van der Waals surface area contributed by atoms with Crippen LogP contribution in [0.5, 0.6) is 0 Å². The van der Waals surface area contributed by atoms with Gasteiger partial charge >= 0.3 is 5.97 Å². The summed E-state index contributed by atoms with van der Waals surface area (Å²) in [6.07, 6.45) is 0.679. The van der Waals surface area contributed by atoms with Gasteiger partial charge in [0.1, 0.15) is 5.54 Å². The van der Waals surface area contributed by atoms with Crippen LogP contribution in [0.15, 0.2) is 22.7 Å². The van der Waals surface area contributed by atoms with E-state index in [0.717, 1.165) is 3.57 Å². The lowest BCUT2D eigenvalue weighted by molar-refractivity contribution is -0.144. The zero-order valence-electron chi connectivity index (χ0n) is 10.7. The van der Waals surface area contributed by atoms with Crippen LogP contribution >= 0.6 is 38.5 Å². The Hall–Kier alpha value is -0.630. The third-order valence-corrected chi connectivity index (χ3v) is 4.50. The average Bonchev–Trinajstić information content (AvgIpc) is 2.38. The molecule has 6 heteroatoms. The van der Waals surface area contributed by atoms with E-state index in [1.54, 1.807) is 26.0 Å². The minimum atomic E-state index is -1.21. The Labute approximate surface area is 134 Å². The number of carboxylic acid groups (broad SMARTS) is 1.